The zero-order valence-electron chi connectivity index (χ0n) is 14.2. The summed E-state index contributed by atoms with van der Waals surface area (Å²) < 4.78 is 0. The van der Waals surface area contributed by atoms with E-state index in [0.29, 0.717) is 0 Å². The van der Waals surface area contributed by atoms with E-state index in [1.165, 1.54) is 51.7 Å². The largest absolute Gasteiger partial charge is 0.393 e. The molecule has 0 aromatic carbocycles. The van der Waals surface area contributed by atoms with Crippen molar-refractivity contribution in [1.82, 2.24) is 10.2 Å². The molecule has 0 radical (unpaired) electrons. The van der Waals surface area contributed by atoms with Crippen molar-refractivity contribution in [2.75, 3.05) is 32.7 Å². The fourth-order valence-corrected chi connectivity index (χ4v) is 3.65. The van der Waals surface area contributed by atoms with E-state index in [0.717, 1.165) is 43.7 Å². The van der Waals surface area contributed by atoms with Crippen LogP contribution in [0.3, 0.4) is 0 Å². The van der Waals surface area contributed by atoms with E-state index in [-0.39, 0.29) is 6.10 Å². The SMILES string of the molecule is CC(C)C1CCN(CC2CCC2)CC1.OC1CCNCC1. The molecule has 1 saturated carbocycles. The van der Waals surface area contributed by atoms with Crippen LogP contribution in [0.1, 0.15) is 58.8 Å². The highest BCUT2D eigenvalue weighted by atomic mass is 16.3. The Balaban J connectivity index is 0.000000194. The number of likely N-dealkylation sites (tertiary alicyclic amines) is 1. The average molecular weight is 296 g/mol. The van der Waals surface area contributed by atoms with Gasteiger partial charge in [-0.05, 0) is 82.5 Å². The summed E-state index contributed by atoms with van der Waals surface area (Å²) in [5, 5.41) is 12.0. The van der Waals surface area contributed by atoms with Gasteiger partial charge in [0.05, 0.1) is 6.10 Å². The van der Waals surface area contributed by atoms with Gasteiger partial charge in [0.2, 0.25) is 0 Å². The molecule has 0 aromatic heterocycles. The minimum atomic E-state index is -0.0266. The number of rotatable bonds is 3. The van der Waals surface area contributed by atoms with Gasteiger partial charge in [0, 0.05) is 6.54 Å². The van der Waals surface area contributed by atoms with E-state index in [4.69, 9.17) is 5.11 Å². The van der Waals surface area contributed by atoms with Gasteiger partial charge in [0.15, 0.2) is 0 Å². The molecular weight excluding hydrogens is 260 g/mol. The third-order valence-corrected chi connectivity index (χ3v) is 5.62. The van der Waals surface area contributed by atoms with Gasteiger partial charge in [-0.2, -0.15) is 0 Å². The molecule has 21 heavy (non-hydrogen) atoms. The van der Waals surface area contributed by atoms with E-state index >= 15 is 0 Å². The Bertz CT molecular complexity index is 264. The Morgan fingerprint density at radius 3 is 2.00 bits per heavy atom. The van der Waals surface area contributed by atoms with E-state index < -0.39 is 0 Å². The van der Waals surface area contributed by atoms with Crippen molar-refractivity contribution < 1.29 is 5.11 Å². The lowest BCUT2D eigenvalue weighted by Crippen LogP contribution is -2.39. The molecule has 2 saturated heterocycles. The zero-order valence-corrected chi connectivity index (χ0v) is 14.2. The molecule has 0 unspecified atom stereocenters. The molecular formula is C18H36N2O. The fourth-order valence-electron chi connectivity index (χ4n) is 3.65. The maximum atomic E-state index is 8.87. The Kier molecular flexibility index (Phi) is 7.48. The van der Waals surface area contributed by atoms with Crippen molar-refractivity contribution in [3.63, 3.8) is 0 Å². The van der Waals surface area contributed by atoms with Gasteiger partial charge < -0.3 is 15.3 Å². The third kappa shape index (κ3) is 6.25. The molecule has 0 spiro atoms. The van der Waals surface area contributed by atoms with Crippen LogP contribution >= 0.6 is 0 Å². The molecule has 0 aromatic rings. The molecule has 2 aliphatic heterocycles. The normalized spacial score (nSPS) is 26.3. The van der Waals surface area contributed by atoms with Gasteiger partial charge in [-0.1, -0.05) is 20.3 Å². The summed E-state index contributed by atoms with van der Waals surface area (Å²) in [5.74, 6) is 2.97. The van der Waals surface area contributed by atoms with E-state index in [1.807, 2.05) is 0 Å². The van der Waals surface area contributed by atoms with Crippen LogP contribution in [0.2, 0.25) is 0 Å². The lowest BCUT2D eigenvalue weighted by Gasteiger charge is -2.38. The average Bonchev–Trinajstić information content (AvgIpc) is 2.45. The van der Waals surface area contributed by atoms with Crippen molar-refractivity contribution in [3.05, 3.63) is 0 Å². The molecule has 0 bridgehead atoms. The van der Waals surface area contributed by atoms with Gasteiger partial charge in [-0.3, -0.25) is 0 Å². The number of nitrogens with one attached hydrogen (secondary N) is 1. The maximum absolute atomic E-state index is 8.87. The molecule has 3 nitrogen and oxygen atoms in total. The summed E-state index contributed by atoms with van der Waals surface area (Å²) in [6, 6.07) is 0. The molecule has 3 heteroatoms. The van der Waals surface area contributed by atoms with E-state index in [1.54, 1.807) is 0 Å². The van der Waals surface area contributed by atoms with E-state index in [9.17, 15) is 0 Å². The molecule has 1 aliphatic carbocycles. The Morgan fingerprint density at radius 1 is 1.00 bits per heavy atom. The summed E-state index contributed by atoms with van der Waals surface area (Å²) in [6.07, 6.45) is 9.23. The number of aliphatic hydroxyl groups excluding tert-OH is 1. The monoisotopic (exact) mass is 296 g/mol. The van der Waals surface area contributed by atoms with Crippen LogP contribution in [0.15, 0.2) is 0 Å². The zero-order chi connectivity index (χ0) is 15.1. The molecule has 3 aliphatic rings. The van der Waals surface area contributed by atoms with Gasteiger partial charge in [0.25, 0.3) is 0 Å². The second-order valence-corrected chi connectivity index (χ2v) is 7.66. The van der Waals surface area contributed by atoms with Gasteiger partial charge in [-0.15, -0.1) is 0 Å². The van der Waals surface area contributed by atoms with Crippen LogP contribution in [-0.2, 0) is 0 Å². The molecule has 124 valence electrons. The maximum Gasteiger partial charge on any atom is 0.0564 e. The van der Waals surface area contributed by atoms with Crippen LogP contribution in [0.5, 0.6) is 0 Å². The first kappa shape index (κ1) is 17.2. The predicted molar refractivity (Wildman–Crippen MR) is 89.5 cm³/mol. The number of piperidine rings is 2. The highest BCUT2D eigenvalue weighted by molar-refractivity contribution is 4.79. The predicted octanol–water partition coefficient (Wildman–Crippen LogP) is 2.89. The lowest BCUT2D eigenvalue weighted by atomic mass is 9.83. The summed E-state index contributed by atoms with van der Waals surface area (Å²) in [5.41, 5.74) is 0. The molecule has 0 amide bonds. The second kappa shape index (κ2) is 9.12. The quantitative estimate of drug-likeness (QED) is 0.840. The standard InChI is InChI=1S/C13H25N.C5H11NO/c1-11(2)13-6-8-14(9-7-13)10-12-4-3-5-12;7-5-1-3-6-4-2-5/h11-13H,3-10H2,1-2H3;5-7H,1-4H2. The van der Waals surface area contributed by atoms with Crippen LogP contribution in [0.25, 0.3) is 0 Å². The minimum absolute atomic E-state index is 0.0266. The number of hydrogen-bond acceptors (Lipinski definition) is 3. The number of hydrogen-bond donors (Lipinski definition) is 2. The van der Waals surface area contributed by atoms with Gasteiger partial charge in [0.1, 0.15) is 0 Å². The number of nitrogens with zero attached hydrogens (tertiary/aromatic N) is 1. The highest BCUT2D eigenvalue weighted by Crippen LogP contribution is 2.30. The molecule has 2 heterocycles. The number of aliphatic hydroxyl groups is 1. The third-order valence-electron chi connectivity index (χ3n) is 5.62. The van der Waals surface area contributed by atoms with Crippen molar-refractivity contribution >= 4 is 0 Å². The minimum Gasteiger partial charge on any atom is -0.393 e. The summed E-state index contributed by atoms with van der Waals surface area (Å²) >= 11 is 0. The summed E-state index contributed by atoms with van der Waals surface area (Å²) in [7, 11) is 0. The van der Waals surface area contributed by atoms with Gasteiger partial charge in [-0.25, -0.2) is 0 Å². The van der Waals surface area contributed by atoms with Crippen LogP contribution in [0, 0.1) is 17.8 Å². The summed E-state index contributed by atoms with van der Waals surface area (Å²) in [4.78, 5) is 2.71. The van der Waals surface area contributed by atoms with Crippen molar-refractivity contribution in [3.8, 4) is 0 Å². The van der Waals surface area contributed by atoms with Crippen LogP contribution in [-0.4, -0.2) is 48.8 Å². The Morgan fingerprint density at radius 2 is 1.62 bits per heavy atom. The van der Waals surface area contributed by atoms with E-state index in [2.05, 4.69) is 24.1 Å². The van der Waals surface area contributed by atoms with Crippen molar-refractivity contribution in [2.24, 2.45) is 17.8 Å². The molecule has 0 atom stereocenters. The van der Waals surface area contributed by atoms with Gasteiger partial charge >= 0.3 is 0 Å². The first-order chi connectivity index (χ1) is 10.1. The topological polar surface area (TPSA) is 35.5 Å². The molecule has 2 N–H and O–H groups in total. The molecule has 3 fully saturated rings. The van der Waals surface area contributed by atoms with Crippen molar-refractivity contribution in [1.29, 1.82) is 0 Å². The first-order valence-electron chi connectivity index (χ1n) is 9.26. The second-order valence-electron chi connectivity index (χ2n) is 7.66. The smallest absolute Gasteiger partial charge is 0.0564 e. The summed E-state index contributed by atoms with van der Waals surface area (Å²) in [6.45, 7) is 10.9. The Hall–Kier alpha value is -0.120. The van der Waals surface area contributed by atoms with Crippen LogP contribution < -0.4 is 5.32 Å². The lowest BCUT2D eigenvalue weighted by molar-refractivity contribution is 0.117. The highest BCUT2D eigenvalue weighted by Gasteiger charge is 2.25. The Labute approximate surface area is 131 Å². The van der Waals surface area contributed by atoms with Crippen molar-refractivity contribution in [2.45, 2.75) is 64.9 Å². The van der Waals surface area contributed by atoms with Crippen LogP contribution in [0.4, 0.5) is 0 Å². The first-order valence-corrected chi connectivity index (χ1v) is 9.26. The fraction of sp³-hybridized carbons (Fsp3) is 1.00. The molecule has 3 rings (SSSR count).